The van der Waals surface area contributed by atoms with Crippen LogP contribution in [0.2, 0.25) is 18.1 Å². The van der Waals surface area contributed by atoms with Crippen molar-refractivity contribution in [2.45, 2.75) is 84.4 Å². The van der Waals surface area contributed by atoms with Crippen molar-refractivity contribution in [2.24, 2.45) is 0 Å². The molecule has 0 saturated heterocycles. The lowest BCUT2D eigenvalue weighted by atomic mass is 10.2. The zero-order chi connectivity index (χ0) is 20.9. The molecule has 0 spiro atoms. The molecule has 0 radical (unpaired) electrons. The van der Waals surface area contributed by atoms with E-state index >= 15 is 0 Å². The van der Waals surface area contributed by atoms with Crippen molar-refractivity contribution in [1.82, 2.24) is 0 Å². The lowest BCUT2D eigenvalue weighted by Crippen LogP contribution is -2.47. The molecule has 5 nitrogen and oxygen atoms in total. The Kier molecular flexibility index (Phi) is 7.81. The molecule has 0 aliphatic carbocycles. The average molecular weight is 395 g/mol. The quantitative estimate of drug-likeness (QED) is 0.488. The van der Waals surface area contributed by atoms with Crippen molar-refractivity contribution in [3.05, 3.63) is 35.9 Å². The largest absolute Gasteiger partial charge is 0.460 e. The van der Waals surface area contributed by atoms with Crippen LogP contribution >= 0.6 is 0 Å². The van der Waals surface area contributed by atoms with Gasteiger partial charge in [-0.05, 0) is 44.5 Å². The summed E-state index contributed by atoms with van der Waals surface area (Å²) in [6.45, 7) is 15.9. The summed E-state index contributed by atoms with van der Waals surface area (Å²) in [6.07, 6.45) is -1.12. The van der Waals surface area contributed by atoms with E-state index in [0.29, 0.717) is 0 Å². The van der Waals surface area contributed by atoms with Crippen LogP contribution in [0.3, 0.4) is 0 Å². The number of carbonyl (C=O) groups is 2. The molecule has 0 aliphatic rings. The normalized spacial score (nSPS) is 13.8. The molecule has 0 bridgehead atoms. The molecular formula is C21H34O5Si. The van der Waals surface area contributed by atoms with Gasteiger partial charge in [-0.3, -0.25) is 4.79 Å². The fourth-order valence-electron chi connectivity index (χ4n) is 2.06. The van der Waals surface area contributed by atoms with Crippen LogP contribution in [0.4, 0.5) is 0 Å². The van der Waals surface area contributed by atoms with Gasteiger partial charge in [0.2, 0.25) is 0 Å². The number of ether oxygens (including phenoxy) is 2. The lowest BCUT2D eigenvalue weighted by Gasteiger charge is -2.38. The summed E-state index contributed by atoms with van der Waals surface area (Å²) in [7, 11) is -2.27. The molecule has 27 heavy (non-hydrogen) atoms. The Balaban J connectivity index is 2.88. The van der Waals surface area contributed by atoms with Gasteiger partial charge in [-0.2, -0.15) is 0 Å². The molecule has 1 aromatic rings. The number of benzene rings is 1. The highest BCUT2D eigenvalue weighted by Crippen LogP contribution is 2.37. The number of esters is 2. The predicted molar refractivity (Wildman–Crippen MR) is 109 cm³/mol. The van der Waals surface area contributed by atoms with Gasteiger partial charge in [-0.15, -0.1) is 0 Å². The second-order valence-corrected chi connectivity index (χ2v) is 14.0. The van der Waals surface area contributed by atoms with Gasteiger partial charge in [0.05, 0.1) is 6.42 Å². The second kappa shape index (κ2) is 9.02. The van der Waals surface area contributed by atoms with E-state index in [9.17, 15) is 9.59 Å². The zero-order valence-corrected chi connectivity index (χ0v) is 18.9. The molecule has 0 aliphatic heterocycles. The van der Waals surface area contributed by atoms with Gasteiger partial charge in [0.25, 0.3) is 0 Å². The number of rotatable bonds is 7. The van der Waals surface area contributed by atoms with Crippen molar-refractivity contribution >= 4 is 20.3 Å². The first kappa shape index (κ1) is 23.4. The van der Waals surface area contributed by atoms with E-state index in [4.69, 9.17) is 13.9 Å². The van der Waals surface area contributed by atoms with Gasteiger partial charge >= 0.3 is 11.9 Å². The zero-order valence-electron chi connectivity index (χ0n) is 17.9. The van der Waals surface area contributed by atoms with Crippen molar-refractivity contribution in [3.8, 4) is 0 Å². The third-order valence-electron chi connectivity index (χ3n) is 4.50. The second-order valence-electron chi connectivity index (χ2n) is 9.25. The molecule has 152 valence electrons. The predicted octanol–water partition coefficient (Wildman–Crippen LogP) is 4.85. The summed E-state index contributed by atoms with van der Waals surface area (Å²) >= 11 is 0. The van der Waals surface area contributed by atoms with Crippen LogP contribution < -0.4 is 0 Å². The van der Waals surface area contributed by atoms with Gasteiger partial charge in [-0.25, -0.2) is 4.79 Å². The van der Waals surface area contributed by atoms with E-state index < -0.39 is 32.0 Å². The van der Waals surface area contributed by atoms with E-state index in [1.807, 2.05) is 43.4 Å². The lowest BCUT2D eigenvalue weighted by molar-refractivity contribution is -0.165. The van der Waals surface area contributed by atoms with Crippen LogP contribution in [0.5, 0.6) is 0 Å². The van der Waals surface area contributed by atoms with E-state index in [2.05, 4.69) is 20.8 Å². The molecule has 1 aromatic carbocycles. The molecule has 0 saturated carbocycles. The van der Waals surface area contributed by atoms with Gasteiger partial charge in [0, 0.05) is 0 Å². The molecule has 0 heterocycles. The average Bonchev–Trinajstić information content (AvgIpc) is 2.49. The summed E-state index contributed by atoms with van der Waals surface area (Å²) in [5.41, 5.74) is 0.265. The SMILES string of the molecule is CC(C)(C)OC(=O)C[C@H](O[Si](C)(C)C(C)(C)C)C(=O)OCc1ccccc1. The number of carbonyl (C=O) groups excluding carboxylic acids is 2. The van der Waals surface area contributed by atoms with Crippen molar-refractivity contribution < 1.29 is 23.5 Å². The van der Waals surface area contributed by atoms with Gasteiger partial charge in [-0.1, -0.05) is 51.1 Å². The molecule has 0 amide bonds. The topological polar surface area (TPSA) is 61.8 Å². The third-order valence-corrected chi connectivity index (χ3v) is 8.99. The number of hydrogen-bond donors (Lipinski definition) is 0. The van der Waals surface area contributed by atoms with E-state index in [1.54, 1.807) is 20.8 Å². The standard InChI is InChI=1S/C21H34O5Si/c1-20(2,3)25-18(22)14-17(26-27(7,8)21(4,5)6)19(23)24-15-16-12-10-9-11-13-16/h9-13,17H,14-15H2,1-8H3/t17-/m0/s1. The minimum absolute atomic E-state index is 0.0983. The van der Waals surface area contributed by atoms with Crippen LogP contribution in [-0.4, -0.2) is 32.0 Å². The third kappa shape index (κ3) is 8.26. The van der Waals surface area contributed by atoms with Gasteiger partial charge in [0.1, 0.15) is 12.2 Å². The first-order chi connectivity index (χ1) is 12.2. The Bertz CT molecular complexity index is 626. The molecule has 1 atom stereocenters. The summed E-state index contributed by atoms with van der Waals surface area (Å²) in [4.78, 5) is 25.0. The van der Waals surface area contributed by atoms with E-state index in [1.165, 1.54) is 0 Å². The maximum absolute atomic E-state index is 12.7. The first-order valence-corrected chi connectivity index (χ1v) is 12.2. The van der Waals surface area contributed by atoms with Crippen molar-refractivity contribution in [1.29, 1.82) is 0 Å². The Morgan fingerprint density at radius 1 is 1.00 bits per heavy atom. The molecule has 6 heteroatoms. The first-order valence-electron chi connectivity index (χ1n) is 9.31. The maximum atomic E-state index is 12.7. The highest BCUT2D eigenvalue weighted by molar-refractivity contribution is 6.74. The van der Waals surface area contributed by atoms with E-state index in [0.717, 1.165) is 5.56 Å². The fourth-order valence-corrected chi connectivity index (χ4v) is 3.31. The van der Waals surface area contributed by atoms with Crippen LogP contribution in [0.25, 0.3) is 0 Å². The summed E-state index contributed by atoms with van der Waals surface area (Å²) in [6, 6.07) is 9.42. The Hall–Kier alpha value is -1.66. The van der Waals surface area contributed by atoms with Crippen LogP contribution in [0.15, 0.2) is 30.3 Å². The fraction of sp³-hybridized carbons (Fsp3) is 0.619. The molecule has 0 fully saturated rings. The molecule has 1 rings (SSSR count). The Labute approximate surface area is 164 Å². The maximum Gasteiger partial charge on any atom is 0.334 e. The van der Waals surface area contributed by atoms with E-state index in [-0.39, 0.29) is 18.1 Å². The molecule has 0 unspecified atom stereocenters. The molecule has 0 aromatic heterocycles. The monoisotopic (exact) mass is 394 g/mol. The van der Waals surface area contributed by atoms with Crippen LogP contribution in [0, 0.1) is 0 Å². The van der Waals surface area contributed by atoms with Gasteiger partial charge in [0.15, 0.2) is 14.4 Å². The summed E-state index contributed by atoms with van der Waals surface area (Å²) < 4.78 is 17.0. The highest BCUT2D eigenvalue weighted by atomic mass is 28.4. The smallest absolute Gasteiger partial charge is 0.334 e. The van der Waals surface area contributed by atoms with Crippen molar-refractivity contribution in [2.75, 3.05) is 0 Å². The Morgan fingerprint density at radius 3 is 2.04 bits per heavy atom. The van der Waals surface area contributed by atoms with Crippen LogP contribution in [-0.2, 0) is 30.1 Å². The van der Waals surface area contributed by atoms with Gasteiger partial charge < -0.3 is 13.9 Å². The van der Waals surface area contributed by atoms with Crippen molar-refractivity contribution in [3.63, 3.8) is 0 Å². The summed E-state index contributed by atoms with van der Waals surface area (Å²) in [5.74, 6) is -1.00. The molecular weight excluding hydrogens is 360 g/mol. The number of hydrogen-bond acceptors (Lipinski definition) is 5. The minimum Gasteiger partial charge on any atom is -0.460 e. The molecule has 0 N–H and O–H groups in total. The Morgan fingerprint density at radius 2 is 1.56 bits per heavy atom. The van der Waals surface area contributed by atoms with Crippen LogP contribution in [0.1, 0.15) is 53.5 Å². The minimum atomic E-state index is -2.27. The summed E-state index contributed by atoms with van der Waals surface area (Å²) in [5, 5.41) is -0.0983. The highest BCUT2D eigenvalue weighted by Gasteiger charge is 2.42.